The third-order valence-electron chi connectivity index (χ3n) is 8.78. The molecule has 2 aliphatic rings. The molecule has 48 heavy (non-hydrogen) atoms. The normalized spacial score (nSPS) is 13.9. The van der Waals surface area contributed by atoms with Crippen LogP contribution in [0.5, 0.6) is 0 Å². The number of rotatable bonds is 13. The van der Waals surface area contributed by atoms with Crippen molar-refractivity contribution < 1.29 is 28.7 Å². The van der Waals surface area contributed by atoms with Crippen LogP contribution in [0.25, 0.3) is 21.5 Å². The molecule has 0 radical (unpaired) electrons. The zero-order valence-corrected chi connectivity index (χ0v) is 28.0. The van der Waals surface area contributed by atoms with Gasteiger partial charge in [-0.1, -0.05) is 62.4 Å². The molecule has 4 amide bonds. The van der Waals surface area contributed by atoms with Gasteiger partial charge in [0.1, 0.15) is 6.61 Å². The number of benzene rings is 4. The number of carbonyl (C=O) groups is 5. The molecule has 4 aromatic carbocycles. The average molecular weight is 651 g/mol. The van der Waals surface area contributed by atoms with Crippen LogP contribution in [-0.2, 0) is 9.53 Å². The Kier molecular flexibility index (Phi) is 11.0. The lowest BCUT2D eigenvalue weighted by molar-refractivity contribution is -0.141. The van der Waals surface area contributed by atoms with E-state index in [0.717, 1.165) is 17.2 Å². The number of carbonyl (C=O) groups excluding carboxylic acids is 5. The van der Waals surface area contributed by atoms with Crippen LogP contribution in [0.1, 0.15) is 68.6 Å². The first-order valence-electron chi connectivity index (χ1n) is 16.5. The summed E-state index contributed by atoms with van der Waals surface area (Å²) in [5, 5.41) is 3.15. The van der Waals surface area contributed by atoms with E-state index in [9.17, 15) is 24.0 Å². The third kappa shape index (κ3) is 7.00. The van der Waals surface area contributed by atoms with Crippen LogP contribution in [0.3, 0.4) is 0 Å². The Bertz CT molecular complexity index is 1770. The van der Waals surface area contributed by atoms with Crippen molar-refractivity contribution in [1.82, 2.24) is 19.6 Å². The Morgan fingerprint density at radius 1 is 0.604 bits per heavy atom. The molecule has 6 rings (SSSR count). The molecule has 0 saturated heterocycles. The second kappa shape index (κ2) is 15.3. The van der Waals surface area contributed by atoms with Gasteiger partial charge in [-0.2, -0.15) is 0 Å². The topological polar surface area (TPSA) is 108 Å². The van der Waals surface area contributed by atoms with Gasteiger partial charge >= 0.3 is 5.97 Å². The molecule has 4 aromatic rings. The summed E-state index contributed by atoms with van der Waals surface area (Å²) in [5.74, 6) is -1.55. The molecular weight excluding hydrogens is 608 g/mol. The molecule has 2 heterocycles. The lowest BCUT2D eigenvalue weighted by Crippen LogP contribution is -2.45. The Hall–Kier alpha value is -4.93. The van der Waals surface area contributed by atoms with Crippen molar-refractivity contribution in [3.8, 4) is 0 Å². The molecule has 10 nitrogen and oxygen atoms in total. The zero-order valence-electron chi connectivity index (χ0n) is 28.0. The summed E-state index contributed by atoms with van der Waals surface area (Å²) in [5.41, 5.74) is 2.13. The van der Waals surface area contributed by atoms with Gasteiger partial charge in [0.25, 0.3) is 23.6 Å². The second-order valence-corrected chi connectivity index (χ2v) is 11.8. The molecule has 0 aromatic heterocycles. The monoisotopic (exact) mass is 650 g/mol. The fraction of sp³-hybridized carbons (Fsp3) is 0.342. The van der Waals surface area contributed by atoms with Crippen LogP contribution in [0.4, 0.5) is 0 Å². The first-order valence-corrected chi connectivity index (χ1v) is 16.5. The highest BCUT2D eigenvalue weighted by Gasteiger charge is 2.34. The Labute approximate surface area is 280 Å². The van der Waals surface area contributed by atoms with Crippen LogP contribution in [0.15, 0.2) is 72.8 Å². The van der Waals surface area contributed by atoms with Crippen molar-refractivity contribution in [1.29, 1.82) is 0 Å². The number of nitrogens with zero attached hydrogens (tertiary/aromatic N) is 4. The summed E-state index contributed by atoms with van der Waals surface area (Å²) < 4.78 is 5.18. The lowest BCUT2D eigenvalue weighted by Gasteiger charge is -2.30. The minimum Gasteiger partial charge on any atom is -0.465 e. The van der Waals surface area contributed by atoms with E-state index in [2.05, 4.69) is 9.80 Å². The Morgan fingerprint density at radius 2 is 1.02 bits per heavy atom. The Morgan fingerprint density at radius 3 is 1.44 bits per heavy atom. The standard InChI is InChI=1S/C36H36N4O6.C2H6/c1-24(41)46-23-22-38(19-21-40-35(44)29-14-5-10-26-11-6-15-30(32(26)29)36(40)45)17-7-16-37(2)18-20-39-33(42)27-12-3-8-25-9-4-13-28(31(25)27)34(39)43;1-2/h3-6,8-15H,7,16-23H2,1-2H3;1-2H3. The van der Waals surface area contributed by atoms with Crippen LogP contribution < -0.4 is 0 Å². The summed E-state index contributed by atoms with van der Waals surface area (Å²) in [6, 6.07) is 22.0. The summed E-state index contributed by atoms with van der Waals surface area (Å²) in [6.45, 7) is 8.71. The summed E-state index contributed by atoms with van der Waals surface area (Å²) in [7, 11) is 1.94. The van der Waals surface area contributed by atoms with E-state index in [1.807, 2.05) is 69.4 Å². The molecule has 0 saturated carbocycles. The molecule has 0 atom stereocenters. The SMILES string of the molecule is CC.CC(=O)OCCN(CCCN(C)CCN1C(=O)c2cccc3cccc(c23)C1=O)CCN1C(=O)c2cccc3cccc(c23)C1=O. The number of hydrogen-bond acceptors (Lipinski definition) is 8. The molecule has 250 valence electrons. The van der Waals surface area contributed by atoms with Crippen molar-refractivity contribution in [2.75, 3.05) is 59.5 Å². The van der Waals surface area contributed by atoms with Gasteiger partial charge in [-0.25, -0.2) is 0 Å². The molecule has 0 aliphatic carbocycles. The fourth-order valence-corrected chi connectivity index (χ4v) is 6.41. The summed E-state index contributed by atoms with van der Waals surface area (Å²) in [6.07, 6.45) is 0.741. The van der Waals surface area contributed by atoms with Crippen molar-refractivity contribution >= 4 is 51.1 Å². The van der Waals surface area contributed by atoms with E-state index in [0.29, 0.717) is 65.8 Å². The Balaban J connectivity index is 0.00000221. The van der Waals surface area contributed by atoms with Crippen molar-refractivity contribution in [3.63, 3.8) is 0 Å². The van der Waals surface area contributed by atoms with Crippen LogP contribution >= 0.6 is 0 Å². The molecule has 10 heteroatoms. The quantitative estimate of drug-likeness (QED) is 0.145. The summed E-state index contributed by atoms with van der Waals surface area (Å²) >= 11 is 0. The number of hydrogen-bond donors (Lipinski definition) is 0. The van der Waals surface area contributed by atoms with E-state index in [1.165, 1.54) is 16.7 Å². The lowest BCUT2D eigenvalue weighted by atomic mass is 9.94. The largest absolute Gasteiger partial charge is 0.465 e. The number of amides is 4. The highest BCUT2D eigenvalue weighted by molar-refractivity contribution is 6.26. The minimum absolute atomic E-state index is 0.197. The van der Waals surface area contributed by atoms with Gasteiger partial charge in [0, 0.05) is 72.7 Å². The van der Waals surface area contributed by atoms with Gasteiger partial charge in [-0.3, -0.25) is 38.7 Å². The van der Waals surface area contributed by atoms with Crippen LogP contribution in [0, 0.1) is 0 Å². The maximum atomic E-state index is 13.4. The maximum absolute atomic E-state index is 13.4. The average Bonchev–Trinajstić information content (AvgIpc) is 3.09. The molecular formula is C38H42N4O6. The number of likely N-dealkylation sites (N-methyl/N-ethyl adjacent to an activating group) is 1. The molecule has 0 bridgehead atoms. The summed E-state index contributed by atoms with van der Waals surface area (Å²) in [4.78, 5) is 71.4. The van der Waals surface area contributed by atoms with Gasteiger partial charge in [0.2, 0.25) is 0 Å². The highest BCUT2D eigenvalue weighted by atomic mass is 16.5. The van der Waals surface area contributed by atoms with E-state index in [4.69, 9.17) is 4.74 Å². The predicted molar refractivity (Wildman–Crippen MR) is 185 cm³/mol. The van der Waals surface area contributed by atoms with Gasteiger partial charge < -0.3 is 9.64 Å². The minimum atomic E-state index is -0.369. The second-order valence-electron chi connectivity index (χ2n) is 11.8. The van der Waals surface area contributed by atoms with Gasteiger partial charge in [-0.15, -0.1) is 0 Å². The number of imide groups is 2. The molecule has 0 fully saturated rings. The number of ether oxygens (including phenoxy) is 1. The first kappa shape index (κ1) is 34.4. The first-order chi connectivity index (χ1) is 23.2. The smallest absolute Gasteiger partial charge is 0.302 e. The van der Waals surface area contributed by atoms with E-state index >= 15 is 0 Å². The van der Waals surface area contributed by atoms with Crippen LogP contribution in [-0.4, -0.2) is 109 Å². The molecule has 0 N–H and O–H groups in total. The fourth-order valence-electron chi connectivity index (χ4n) is 6.41. The van der Waals surface area contributed by atoms with Crippen molar-refractivity contribution in [3.05, 3.63) is 95.1 Å². The highest BCUT2D eigenvalue weighted by Crippen LogP contribution is 2.31. The molecule has 0 unspecified atom stereocenters. The molecule has 2 aliphatic heterocycles. The van der Waals surface area contributed by atoms with Crippen LogP contribution in [0.2, 0.25) is 0 Å². The number of esters is 1. The zero-order chi connectivity index (χ0) is 34.4. The van der Waals surface area contributed by atoms with Gasteiger partial charge in [0.05, 0.1) is 0 Å². The van der Waals surface area contributed by atoms with Gasteiger partial charge in [-0.05, 0) is 61.6 Å². The molecule has 0 spiro atoms. The maximum Gasteiger partial charge on any atom is 0.302 e. The van der Waals surface area contributed by atoms with Crippen molar-refractivity contribution in [2.45, 2.75) is 27.2 Å². The third-order valence-corrected chi connectivity index (χ3v) is 8.78. The predicted octanol–water partition coefficient (Wildman–Crippen LogP) is 5.10. The van der Waals surface area contributed by atoms with Gasteiger partial charge in [0.15, 0.2) is 0 Å². The van der Waals surface area contributed by atoms with E-state index in [1.54, 1.807) is 24.3 Å². The van der Waals surface area contributed by atoms with E-state index < -0.39 is 0 Å². The van der Waals surface area contributed by atoms with Crippen molar-refractivity contribution in [2.24, 2.45) is 0 Å². The van der Waals surface area contributed by atoms with E-state index in [-0.39, 0.29) is 49.3 Å².